The van der Waals surface area contributed by atoms with E-state index in [-0.39, 0.29) is 12.1 Å². The molecule has 1 aliphatic heterocycles. The summed E-state index contributed by atoms with van der Waals surface area (Å²) in [5, 5.41) is 0. The Bertz CT molecular complexity index is 314. The summed E-state index contributed by atoms with van der Waals surface area (Å²) in [4.78, 5) is 15.9. The van der Waals surface area contributed by atoms with E-state index in [4.69, 9.17) is 11.2 Å². The number of nitrogens with zero attached hydrogens (tertiary/aromatic N) is 2. The zero-order valence-corrected chi connectivity index (χ0v) is 11.2. The van der Waals surface area contributed by atoms with Gasteiger partial charge in [-0.15, -0.1) is 6.42 Å². The molecule has 0 spiro atoms. The maximum absolute atomic E-state index is 11.9. The predicted molar refractivity (Wildman–Crippen MR) is 67.7 cm³/mol. The average Bonchev–Trinajstić information content (AvgIpc) is 2.15. The summed E-state index contributed by atoms with van der Waals surface area (Å²) in [7, 11) is 0. The highest BCUT2D eigenvalue weighted by molar-refractivity contribution is 5.68. The van der Waals surface area contributed by atoms with E-state index in [9.17, 15) is 4.79 Å². The summed E-state index contributed by atoms with van der Waals surface area (Å²) in [6.07, 6.45) is 5.05. The van der Waals surface area contributed by atoms with E-state index in [1.54, 1.807) is 4.90 Å². The molecule has 0 bridgehead atoms. The molecule has 96 valence electrons. The van der Waals surface area contributed by atoms with Gasteiger partial charge in [-0.25, -0.2) is 4.79 Å². The van der Waals surface area contributed by atoms with E-state index in [0.717, 1.165) is 13.1 Å². The van der Waals surface area contributed by atoms with E-state index in [0.29, 0.717) is 13.1 Å². The van der Waals surface area contributed by atoms with Crippen molar-refractivity contribution in [3.05, 3.63) is 0 Å². The summed E-state index contributed by atoms with van der Waals surface area (Å²) in [6, 6.07) is 0.145. The van der Waals surface area contributed by atoms with Crippen molar-refractivity contribution in [1.29, 1.82) is 0 Å². The number of hydrogen-bond donors (Lipinski definition) is 0. The number of hydrogen-bond acceptors (Lipinski definition) is 3. The zero-order chi connectivity index (χ0) is 13.1. The van der Waals surface area contributed by atoms with Crippen LogP contribution in [0, 0.1) is 12.3 Å². The van der Waals surface area contributed by atoms with Crippen LogP contribution in [0.4, 0.5) is 4.79 Å². The van der Waals surface area contributed by atoms with Crippen LogP contribution in [0.15, 0.2) is 0 Å². The Hall–Kier alpha value is -1.21. The van der Waals surface area contributed by atoms with Gasteiger partial charge >= 0.3 is 6.09 Å². The van der Waals surface area contributed by atoms with E-state index >= 15 is 0 Å². The second-order valence-electron chi connectivity index (χ2n) is 5.46. The number of amides is 1. The Kier molecular flexibility index (Phi) is 4.41. The zero-order valence-electron chi connectivity index (χ0n) is 11.2. The van der Waals surface area contributed by atoms with Crippen LogP contribution >= 0.6 is 0 Å². The standard InChI is InChI=1S/C13H22N2O2/c1-6-7-14-8-9-15(11(2)10-14)12(16)17-13(3,4)5/h1,11H,7-10H2,2-5H3/t11-/m1/s1. The van der Waals surface area contributed by atoms with Gasteiger partial charge in [-0.2, -0.15) is 0 Å². The van der Waals surface area contributed by atoms with Gasteiger partial charge in [0.1, 0.15) is 5.60 Å². The van der Waals surface area contributed by atoms with Crippen LogP contribution in [0.1, 0.15) is 27.7 Å². The summed E-state index contributed by atoms with van der Waals surface area (Å²) in [6.45, 7) is 10.6. The Morgan fingerprint density at radius 2 is 2.12 bits per heavy atom. The molecule has 0 aliphatic carbocycles. The summed E-state index contributed by atoms with van der Waals surface area (Å²) >= 11 is 0. The molecule has 0 saturated carbocycles. The number of rotatable bonds is 1. The molecule has 1 heterocycles. The molecule has 1 aliphatic rings. The molecule has 0 aromatic heterocycles. The van der Waals surface area contributed by atoms with Gasteiger partial charge < -0.3 is 9.64 Å². The highest BCUT2D eigenvalue weighted by Crippen LogP contribution is 2.15. The van der Waals surface area contributed by atoms with Crippen molar-refractivity contribution in [1.82, 2.24) is 9.80 Å². The van der Waals surface area contributed by atoms with Crippen molar-refractivity contribution in [2.75, 3.05) is 26.2 Å². The summed E-state index contributed by atoms with van der Waals surface area (Å²) in [5.74, 6) is 2.63. The number of ether oxygens (including phenoxy) is 1. The van der Waals surface area contributed by atoms with E-state index in [1.807, 2.05) is 27.7 Å². The lowest BCUT2D eigenvalue weighted by Crippen LogP contribution is -2.54. The topological polar surface area (TPSA) is 32.8 Å². The molecule has 1 atom stereocenters. The predicted octanol–water partition coefficient (Wildman–Crippen LogP) is 1.56. The molecular weight excluding hydrogens is 216 g/mol. The third kappa shape index (κ3) is 4.27. The lowest BCUT2D eigenvalue weighted by Gasteiger charge is -2.39. The lowest BCUT2D eigenvalue weighted by molar-refractivity contribution is 0.00299. The first-order valence-electron chi connectivity index (χ1n) is 5.99. The quantitative estimate of drug-likeness (QED) is 0.650. The minimum absolute atomic E-state index is 0.145. The van der Waals surface area contributed by atoms with Crippen molar-refractivity contribution in [3.63, 3.8) is 0 Å². The van der Waals surface area contributed by atoms with Crippen LogP contribution in [0.3, 0.4) is 0 Å². The molecule has 1 rings (SSSR count). The fourth-order valence-corrected chi connectivity index (χ4v) is 1.90. The van der Waals surface area contributed by atoms with Crippen LogP contribution in [0.2, 0.25) is 0 Å². The Labute approximate surface area is 104 Å². The molecule has 4 nitrogen and oxygen atoms in total. The largest absolute Gasteiger partial charge is 0.444 e. The van der Waals surface area contributed by atoms with Gasteiger partial charge in [0.25, 0.3) is 0 Å². The maximum atomic E-state index is 11.9. The molecule has 17 heavy (non-hydrogen) atoms. The summed E-state index contributed by atoms with van der Waals surface area (Å²) in [5.41, 5.74) is -0.438. The minimum atomic E-state index is -0.438. The van der Waals surface area contributed by atoms with Gasteiger partial charge in [-0.1, -0.05) is 5.92 Å². The monoisotopic (exact) mass is 238 g/mol. The van der Waals surface area contributed by atoms with Crippen LogP contribution < -0.4 is 0 Å². The second kappa shape index (κ2) is 5.42. The first-order valence-corrected chi connectivity index (χ1v) is 5.99. The smallest absolute Gasteiger partial charge is 0.410 e. The van der Waals surface area contributed by atoms with Gasteiger partial charge in [-0.3, -0.25) is 4.90 Å². The van der Waals surface area contributed by atoms with Crippen LogP contribution in [-0.2, 0) is 4.74 Å². The Morgan fingerprint density at radius 1 is 1.47 bits per heavy atom. The van der Waals surface area contributed by atoms with Gasteiger partial charge in [0, 0.05) is 25.7 Å². The van der Waals surface area contributed by atoms with E-state index in [1.165, 1.54) is 0 Å². The first kappa shape index (κ1) is 13.9. The first-order chi connectivity index (χ1) is 7.83. The van der Waals surface area contributed by atoms with Gasteiger partial charge in [0.15, 0.2) is 0 Å². The Morgan fingerprint density at radius 3 is 2.59 bits per heavy atom. The lowest BCUT2D eigenvalue weighted by atomic mass is 10.2. The number of carbonyl (C=O) groups is 1. The van der Waals surface area contributed by atoms with E-state index in [2.05, 4.69) is 10.8 Å². The van der Waals surface area contributed by atoms with Crippen molar-refractivity contribution < 1.29 is 9.53 Å². The van der Waals surface area contributed by atoms with Gasteiger partial charge in [-0.05, 0) is 27.7 Å². The number of carbonyl (C=O) groups excluding carboxylic acids is 1. The highest BCUT2D eigenvalue weighted by atomic mass is 16.6. The highest BCUT2D eigenvalue weighted by Gasteiger charge is 2.30. The molecule has 0 unspecified atom stereocenters. The molecule has 1 amide bonds. The molecular formula is C13H22N2O2. The molecule has 0 aromatic rings. The fourth-order valence-electron chi connectivity index (χ4n) is 1.90. The Balaban J connectivity index is 2.52. The molecule has 4 heteroatoms. The van der Waals surface area contributed by atoms with Gasteiger partial charge in [0.05, 0.1) is 6.54 Å². The average molecular weight is 238 g/mol. The van der Waals surface area contributed by atoms with Crippen LogP contribution in [-0.4, -0.2) is 53.7 Å². The fraction of sp³-hybridized carbons (Fsp3) is 0.769. The van der Waals surface area contributed by atoms with E-state index < -0.39 is 5.60 Å². The molecule has 0 aromatic carbocycles. The van der Waals surface area contributed by atoms with Crippen molar-refractivity contribution in [2.24, 2.45) is 0 Å². The van der Waals surface area contributed by atoms with Crippen LogP contribution in [0.25, 0.3) is 0 Å². The minimum Gasteiger partial charge on any atom is -0.444 e. The third-order valence-corrected chi connectivity index (χ3v) is 2.65. The molecule has 0 N–H and O–H groups in total. The maximum Gasteiger partial charge on any atom is 0.410 e. The van der Waals surface area contributed by atoms with Crippen molar-refractivity contribution >= 4 is 6.09 Å². The number of terminal acetylenes is 1. The molecule has 0 radical (unpaired) electrons. The SMILES string of the molecule is C#CCN1CCN(C(=O)OC(C)(C)C)[C@H](C)C1. The molecule has 1 saturated heterocycles. The van der Waals surface area contributed by atoms with Crippen LogP contribution in [0.5, 0.6) is 0 Å². The third-order valence-electron chi connectivity index (χ3n) is 2.65. The molecule has 1 fully saturated rings. The summed E-state index contributed by atoms with van der Waals surface area (Å²) < 4.78 is 5.37. The van der Waals surface area contributed by atoms with Crippen molar-refractivity contribution in [3.8, 4) is 12.3 Å². The van der Waals surface area contributed by atoms with Crippen molar-refractivity contribution in [2.45, 2.75) is 39.3 Å². The second-order valence-corrected chi connectivity index (χ2v) is 5.46. The van der Waals surface area contributed by atoms with Gasteiger partial charge in [0.2, 0.25) is 0 Å². The normalized spacial score (nSPS) is 22.1. The number of piperazine rings is 1.